The summed E-state index contributed by atoms with van der Waals surface area (Å²) in [7, 11) is 0. The fourth-order valence-electron chi connectivity index (χ4n) is 1.87. The van der Waals surface area contributed by atoms with Crippen molar-refractivity contribution in [2.24, 2.45) is 5.10 Å². The number of quaternary nitrogens is 1. The van der Waals surface area contributed by atoms with Crippen molar-refractivity contribution in [3.63, 3.8) is 0 Å². The Kier molecular flexibility index (Phi) is 5.69. The van der Waals surface area contributed by atoms with Crippen molar-refractivity contribution in [3.8, 4) is 0 Å². The molecule has 4 nitrogen and oxygen atoms in total. The van der Waals surface area contributed by atoms with Gasteiger partial charge in [0, 0.05) is 16.5 Å². The number of carbonyl (C=O) groups excluding carboxylic acids is 1. The maximum Gasteiger partial charge on any atom is 0.295 e. The topological polar surface area (TPSA) is 45.9 Å². The molecule has 1 aromatic carbocycles. The van der Waals surface area contributed by atoms with Crippen LogP contribution in [0.25, 0.3) is 0 Å². The summed E-state index contributed by atoms with van der Waals surface area (Å²) >= 11 is 7.81. The van der Waals surface area contributed by atoms with Gasteiger partial charge in [-0.1, -0.05) is 23.7 Å². The van der Waals surface area contributed by atoms with Gasteiger partial charge < -0.3 is 4.90 Å². The molecule has 2 N–H and O–H groups in total. The lowest BCUT2D eigenvalue weighted by Crippen LogP contribution is -3.14. The van der Waals surface area contributed by atoms with E-state index in [0.717, 1.165) is 30.2 Å². The second-order valence-corrected chi connectivity index (χ2v) is 6.05. The molecule has 0 bridgehead atoms. The number of rotatable bonds is 4. The van der Waals surface area contributed by atoms with Gasteiger partial charge in [0.2, 0.25) is 0 Å². The summed E-state index contributed by atoms with van der Waals surface area (Å²) < 4.78 is 0. The van der Waals surface area contributed by atoms with Crippen molar-refractivity contribution in [2.45, 2.75) is 0 Å². The Balaban J connectivity index is 1.76. The molecule has 0 aromatic heterocycles. The zero-order chi connectivity index (χ0) is 13.5. The molecule has 6 heteroatoms. The molecule has 102 valence electrons. The second kappa shape index (κ2) is 7.53. The van der Waals surface area contributed by atoms with Crippen molar-refractivity contribution < 1.29 is 9.69 Å². The third-order valence-electron chi connectivity index (χ3n) is 2.86. The molecule has 1 amide bonds. The molecule has 0 radical (unpaired) electrons. The Morgan fingerprint density at radius 1 is 1.47 bits per heavy atom. The first-order valence-electron chi connectivity index (χ1n) is 6.23. The minimum Gasteiger partial charge on any atom is -0.326 e. The van der Waals surface area contributed by atoms with Crippen LogP contribution in [0.4, 0.5) is 0 Å². The molecular weight excluding hydrogens is 282 g/mol. The smallest absolute Gasteiger partial charge is 0.295 e. The lowest BCUT2D eigenvalue weighted by Gasteiger charge is -2.21. The molecular formula is C13H17ClN3OS+. The highest BCUT2D eigenvalue weighted by molar-refractivity contribution is 7.99. The van der Waals surface area contributed by atoms with E-state index in [1.165, 1.54) is 4.90 Å². The molecule has 0 spiro atoms. The average Bonchev–Trinajstić information content (AvgIpc) is 2.40. The summed E-state index contributed by atoms with van der Waals surface area (Å²) in [5, 5.41) is 4.60. The Morgan fingerprint density at radius 3 is 3.00 bits per heavy atom. The zero-order valence-electron chi connectivity index (χ0n) is 10.6. The summed E-state index contributed by atoms with van der Waals surface area (Å²) in [4.78, 5) is 13.0. The molecule has 2 rings (SSSR count). The predicted molar refractivity (Wildman–Crippen MR) is 80.1 cm³/mol. The van der Waals surface area contributed by atoms with Crippen LogP contribution in [0, 0.1) is 0 Å². The van der Waals surface area contributed by atoms with E-state index in [-0.39, 0.29) is 5.91 Å². The predicted octanol–water partition coefficient (Wildman–Crippen LogP) is 0.422. The summed E-state index contributed by atoms with van der Waals surface area (Å²) in [5.74, 6) is 2.23. The number of halogens is 1. The number of benzene rings is 1. The van der Waals surface area contributed by atoms with Crippen LogP contribution in [-0.4, -0.2) is 43.3 Å². The van der Waals surface area contributed by atoms with E-state index in [2.05, 4.69) is 10.5 Å². The molecule has 1 heterocycles. The maximum absolute atomic E-state index is 11.7. The minimum atomic E-state index is -0.0415. The summed E-state index contributed by atoms with van der Waals surface area (Å²) in [5.41, 5.74) is 3.43. The van der Waals surface area contributed by atoms with Gasteiger partial charge in [0.1, 0.15) is 0 Å². The quantitative estimate of drug-likeness (QED) is 0.625. The van der Waals surface area contributed by atoms with Crippen molar-refractivity contribution in [1.82, 2.24) is 5.43 Å². The van der Waals surface area contributed by atoms with Gasteiger partial charge in [-0.05, 0) is 17.7 Å². The largest absolute Gasteiger partial charge is 0.326 e. The zero-order valence-corrected chi connectivity index (χ0v) is 12.1. The van der Waals surface area contributed by atoms with Crippen LogP contribution < -0.4 is 10.3 Å². The number of hydrogen-bond donors (Lipinski definition) is 2. The molecule has 19 heavy (non-hydrogen) atoms. The molecule has 1 aromatic rings. The van der Waals surface area contributed by atoms with Gasteiger partial charge in [-0.15, -0.1) is 0 Å². The summed E-state index contributed by atoms with van der Waals surface area (Å²) in [6.45, 7) is 2.60. The van der Waals surface area contributed by atoms with Gasteiger partial charge in [-0.2, -0.15) is 16.9 Å². The van der Waals surface area contributed by atoms with Gasteiger partial charge in [-0.3, -0.25) is 4.79 Å². The Hall–Kier alpha value is -1.04. The first-order chi connectivity index (χ1) is 9.24. The number of hydrazone groups is 1. The van der Waals surface area contributed by atoms with Crippen molar-refractivity contribution >= 4 is 35.5 Å². The average molecular weight is 299 g/mol. The molecule has 0 atom stereocenters. The van der Waals surface area contributed by atoms with Crippen LogP contribution in [0.3, 0.4) is 0 Å². The SMILES string of the molecule is O=C(C[NH+]1CCSCC1)N/N=C\c1cccc(Cl)c1. The third kappa shape index (κ3) is 5.22. The monoisotopic (exact) mass is 298 g/mol. The lowest BCUT2D eigenvalue weighted by molar-refractivity contribution is -0.888. The highest BCUT2D eigenvalue weighted by Gasteiger charge is 2.16. The molecule has 1 saturated heterocycles. The van der Waals surface area contributed by atoms with Gasteiger partial charge in [0.25, 0.3) is 5.91 Å². The van der Waals surface area contributed by atoms with E-state index in [9.17, 15) is 4.79 Å². The van der Waals surface area contributed by atoms with Crippen molar-refractivity contribution in [3.05, 3.63) is 34.9 Å². The molecule has 1 aliphatic rings. The normalized spacial score (nSPS) is 16.7. The van der Waals surface area contributed by atoms with Gasteiger partial charge in [0.15, 0.2) is 6.54 Å². The van der Waals surface area contributed by atoms with E-state index in [4.69, 9.17) is 11.6 Å². The number of amides is 1. The maximum atomic E-state index is 11.7. The molecule has 1 fully saturated rings. The third-order valence-corrected chi connectivity index (χ3v) is 4.08. The van der Waals surface area contributed by atoms with E-state index < -0.39 is 0 Å². The van der Waals surface area contributed by atoms with Crippen LogP contribution in [0.5, 0.6) is 0 Å². The van der Waals surface area contributed by atoms with E-state index in [1.807, 2.05) is 23.9 Å². The van der Waals surface area contributed by atoms with E-state index >= 15 is 0 Å². The summed E-state index contributed by atoms with van der Waals surface area (Å²) in [6.07, 6.45) is 1.60. The number of nitrogens with zero attached hydrogens (tertiary/aromatic N) is 1. The highest BCUT2D eigenvalue weighted by Crippen LogP contribution is 2.08. The molecule has 0 unspecified atom stereocenters. The number of hydrogen-bond acceptors (Lipinski definition) is 3. The lowest BCUT2D eigenvalue weighted by atomic mass is 10.2. The highest BCUT2D eigenvalue weighted by atomic mass is 35.5. The van der Waals surface area contributed by atoms with Crippen molar-refractivity contribution in [2.75, 3.05) is 31.1 Å². The molecule has 0 saturated carbocycles. The van der Waals surface area contributed by atoms with Crippen LogP contribution >= 0.6 is 23.4 Å². The number of carbonyl (C=O) groups is 1. The van der Waals surface area contributed by atoms with Gasteiger partial charge in [0.05, 0.1) is 19.3 Å². The van der Waals surface area contributed by atoms with Crippen molar-refractivity contribution in [1.29, 1.82) is 0 Å². The first kappa shape index (κ1) is 14.4. The van der Waals surface area contributed by atoms with E-state index in [0.29, 0.717) is 11.6 Å². The van der Waals surface area contributed by atoms with Crippen LogP contribution in [0.15, 0.2) is 29.4 Å². The van der Waals surface area contributed by atoms with E-state index in [1.54, 1.807) is 18.3 Å². The first-order valence-corrected chi connectivity index (χ1v) is 7.76. The van der Waals surface area contributed by atoms with Crippen LogP contribution in [0.2, 0.25) is 5.02 Å². The van der Waals surface area contributed by atoms with Gasteiger partial charge >= 0.3 is 0 Å². The van der Waals surface area contributed by atoms with Crippen LogP contribution in [0.1, 0.15) is 5.56 Å². The standard InChI is InChI=1S/C13H16ClN3OS/c14-12-3-1-2-11(8-12)9-15-16-13(18)10-17-4-6-19-7-5-17/h1-3,8-9H,4-7,10H2,(H,16,18)/p+1/b15-9-. The fraction of sp³-hybridized carbons (Fsp3) is 0.385. The Labute approximate surface area is 122 Å². The second-order valence-electron chi connectivity index (χ2n) is 4.39. The number of nitrogens with one attached hydrogen (secondary N) is 2. The number of thioether (sulfide) groups is 1. The van der Waals surface area contributed by atoms with Gasteiger partial charge in [-0.25, -0.2) is 5.43 Å². The molecule has 0 aliphatic carbocycles. The van der Waals surface area contributed by atoms with Crippen LogP contribution in [-0.2, 0) is 4.79 Å². The Morgan fingerprint density at radius 2 is 2.26 bits per heavy atom. The minimum absolute atomic E-state index is 0.0415. The fourth-order valence-corrected chi connectivity index (χ4v) is 3.14. The molecule has 1 aliphatic heterocycles. The Bertz CT molecular complexity index is 461. The summed E-state index contributed by atoms with van der Waals surface area (Å²) in [6, 6.07) is 7.33.